The number of aromatic nitrogens is 2. The first-order chi connectivity index (χ1) is 9.61. The maximum atomic E-state index is 11.9. The number of rotatable bonds is 5. The smallest absolute Gasteiger partial charge is 0.287 e. The quantitative estimate of drug-likeness (QED) is 0.836. The highest BCUT2D eigenvalue weighted by molar-refractivity contribution is 7.84. The van der Waals surface area contributed by atoms with Gasteiger partial charge in [-0.2, -0.15) is 0 Å². The third kappa shape index (κ3) is 3.30. The van der Waals surface area contributed by atoms with Crippen LogP contribution in [0.4, 0.5) is 0 Å². The van der Waals surface area contributed by atoms with Crippen LogP contribution in [0.1, 0.15) is 17.5 Å². The molecule has 2 aromatic rings. The minimum absolute atomic E-state index is 0.0315. The van der Waals surface area contributed by atoms with Crippen LogP contribution in [0.2, 0.25) is 0 Å². The van der Waals surface area contributed by atoms with E-state index < -0.39 is 16.7 Å². The van der Waals surface area contributed by atoms with E-state index in [0.717, 1.165) is 0 Å². The van der Waals surface area contributed by atoms with Gasteiger partial charge in [-0.05, 0) is 12.1 Å². The minimum Gasteiger partial charge on any atom is -0.348 e. The summed E-state index contributed by atoms with van der Waals surface area (Å²) in [6, 6.07) is 6.81. The van der Waals surface area contributed by atoms with E-state index in [9.17, 15) is 13.8 Å². The molecule has 0 bridgehead atoms. The summed E-state index contributed by atoms with van der Waals surface area (Å²) in [5.41, 5.74) is 0.122. The molecule has 0 saturated carbocycles. The molecule has 1 atom stereocenters. The summed E-state index contributed by atoms with van der Waals surface area (Å²) in [6.45, 7) is 2.11. The fourth-order valence-corrected chi connectivity index (χ4v) is 2.32. The number of hydrogen-bond donors (Lipinski definition) is 2. The summed E-state index contributed by atoms with van der Waals surface area (Å²) in [6.07, 6.45) is 0. The first-order valence-electron chi connectivity index (χ1n) is 6.24. The van der Waals surface area contributed by atoms with E-state index in [1.54, 1.807) is 24.3 Å². The summed E-state index contributed by atoms with van der Waals surface area (Å²) in [5.74, 6) is 0.443. The lowest BCUT2D eigenvalue weighted by Crippen LogP contribution is -2.31. The van der Waals surface area contributed by atoms with Gasteiger partial charge in [0.15, 0.2) is 5.82 Å². The topological polar surface area (TPSA) is 91.9 Å². The molecular formula is C13H15N3O3S. The Balaban J connectivity index is 2.14. The highest BCUT2D eigenvalue weighted by atomic mass is 32.2. The predicted octanol–water partition coefficient (Wildman–Crippen LogP) is 0.421. The van der Waals surface area contributed by atoms with Crippen molar-refractivity contribution >= 4 is 27.6 Å². The zero-order valence-electron chi connectivity index (χ0n) is 11.0. The molecule has 20 heavy (non-hydrogen) atoms. The molecule has 0 unspecified atom stereocenters. The van der Waals surface area contributed by atoms with E-state index in [2.05, 4.69) is 15.3 Å². The molecule has 0 aliphatic heterocycles. The summed E-state index contributed by atoms with van der Waals surface area (Å²) in [5, 5.41) is 3.03. The molecule has 0 aliphatic carbocycles. The van der Waals surface area contributed by atoms with Crippen molar-refractivity contribution < 1.29 is 9.00 Å². The molecule has 2 N–H and O–H groups in total. The second-order valence-corrected chi connectivity index (χ2v) is 5.99. The number of hydrogen-bond acceptors (Lipinski definition) is 4. The van der Waals surface area contributed by atoms with Gasteiger partial charge in [0.2, 0.25) is 0 Å². The number of benzene rings is 1. The van der Waals surface area contributed by atoms with Gasteiger partial charge in [0.05, 0.1) is 10.9 Å². The summed E-state index contributed by atoms with van der Waals surface area (Å²) in [7, 11) is -0.934. The zero-order chi connectivity index (χ0) is 14.5. The average molecular weight is 293 g/mol. The second kappa shape index (κ2) is 6.42. The number of H-pyrrole nitrogens is 1. The van der Waals surface area contributed by atoms with Gasteiger partial charge in [-0.1, -0.05) is 19.1 Å². The second-order valence-electron chi connectivity index (χ2n) is 4.12. The first kappa shape index (κ1) is 14.4. The minimum atomic E-state index is -0.934. The Morgan fingerprint density at radius 2 is 2.15 bits per heavy atom. The van der Waals surface area contributed by atoms with Crippen molar-refractivity contribution in [3.05, 3.63) is 40.4 Å². The number of amides is 1. The van der Waals surface area contributed by atoms with Crippen LogP contribution in [0.5, 0.6) is 0 Å². The van der Waals surface area contributed by atoms with E-state index in [1.165, 1.54) is 0 Å². The molecule has 1 amide bonds. The Hall–Kier alpha value is -2.02. The first-order valence-corrected chi connectivity index (χ1v) is 7.73. The lowest BCUT2D eigenvalue weighted by molar-refractivity contribution is 0.0946. The molecule has 0 spiro atoms. The van der Waals surface area contributed by atoms with Crippen molar-refractivity contribution in [2.75, 3.05) is 18.1 Å². The molecule has 0 aliphatic rings. The molecule has 1 heterocycles. The molecule has 0 saturated heterocycles. The van der Waals surface area contributed by atoms with E-state index in [-0.39, 0.29) is 17.9 Å². The van der Waals surface area contributed by atoms with Crippen molar-refractivity contribution in [1.82, 2.24) is 15.3 Å². The van der Waals surface area contributed by atoms with Crippen LogP contribution < -0.4 is 10.9 Å². The Bertz CT molecular complexity index is 711. The number of carbonyl (C=O) groups excluding carboxylic acids is 1. The molecule has 1 aromatic carbocycles. The van der Waals surface area contributed by atoms with Crippen LogP contribution >= 0.6 is 0 Å². The van der Waals surface area contributed by atoms with Crippen LogP contribution in [0.15, 0.2) is 29.1 Å². The van der Waals surface area contributed by atoms with E-state index >= 15 is 0 Å². The van der Waals surface area contributed by atoms with Gasteiger partial charge in [0, 0.05) is 28.9 Å². The molecule has 106 valence electrons. The predicted molar refractivity (Wildman–Crippen MR) is 78.2 cm³/mol. The zero-order valence-corrected chi connectivity index (χ0v) is 11.8. The van der Waals surface area contributed by atoms with Crippen molar-refractivity contribution in [3.63, 3.8) is 0 Å². The Labute approximate surface area is 118 Å². The number of nitrogens with one attached hydrogen (secondary N) is 2. The van der Waals surface area contributed by atoms with E-state index in [0.29, 0.717) is 22.4 Å². The maximum Gasteiger partial charge on any atom is 0.287 e. The number of fused-ring (bicyclic) bond motifs is 1. The molecule has 7 heteroatoms. The van der Waals surface area contributed by atoms with Gasteiger partial charge in [-0.3, -0.25) is 13.8 Å². The van der Waals surface area contributed by atoms with E-state index in [1.807, 2.05) is 6.92 Å². The fourth-order valence-electron chi connectivity index (χ4n) is 1.70. The SMILES string of the molecule is CC[S@@](=O)CCNC(=O)c1nc2ccccc2c(=O)[nH]1. The van der Waals surface area contributed by atoms with Gasteiger partial charge in [-0.25, -0.2) is 4.98 Å². The van der Waals surface area contributed by atoms with E-state index in [4.69, 9.17) is 0 Å². The van der Waals surface area contributed by atoms with Crippen LogP contribution in [-0.2, 0) is 10.8 Å². The third-order valence-electron chi connectivity index (χ3n) is 2.77. The van der Waals surface area contributed by atoms with Crippen molar-refractivity contribution in [2.45, 2.75) is 6.92 Å². The summed E-state index contributed by atoms with van der Waals surface area (Å²) >= 11 is 0. The molecule has 0 radical (unpaired) electrons. The van der Waals surface area contributed by atoms with Gasteiger partial charge in [0.25, 0.3) is 11.5 Å². The highest BCUT2D eigenvalue weighted by Gasteiger charge is 2.10. The Morgan fingerprint density at radius 3 is 2.90 bits per heavy atom. The molecule has 2 rings (SSSR count). The Morgan fingerprint density at radius 1 is 1.40 bits per heavy atom. The summed E-state index contributed by atoms with van der Waals surface area (Å²) < 4.78 is 11.2. The van der Waals surface area contributed by atoms with Crippen LogP contribution in [0.25, 0.3) is 10.9 Å². The molecular weight excluding hydrogens is 278 g/mol. The van der Waals surface area contributed by atoms with Crippen LogP contribution in [0, 0.1) is 0 Å². The average Bonchev–Trinajstić information content (AvgIpc) is 2.46. The maximum absolute atomic E-state index is 11.9. The lowest BCUT2D eigenvalue weighted by atomic mass is 10.2. The number of carbonyl (C=O) groups is 1. The van der Waals surface area contributed by atoms with Crippen molar-refractivity contribution in [1.29, 1.82) is 0 Å². The van der Waals surface area contributed by atoms with Crippen molar-refractivity contribution in [2.24, 2.45) is 0 Å². The molecule has 0 fully saturated rings. The molecule has 1 aromatic heterocycles. The third-order valence-corrected chi connectivity index (χ3v) is 4.07. The molecule has 6 nitrogen and oxygen atoms in total. The Kier molecular flexibility index (Phi) is 4.62. The van der Waals surface area contributed by atoms with Crippen LogP contribution in [0.3, 0.4) is 0 Å². The highest BCUT2D eigenvalue weighted by Crippen LogP contribution is 2.05. The fraction of sp³-hybridized carbons (Fsp3) is 0.308. The number of para-hydroxylation sites is 1. The van der Waals surface area contributed by atoms with Crippen LogP contribution in [-0.4, -0.2) is 38.1 Å². The number of nitrogens with zero attached hydrogens (tertiary/aromatic N) is 1. The van der Waals surface area contributed by atoms with Crippen molar-refractivity contribution in [3.8, 4) is 0 Å². The lowest BCUT2D eigenvalue weighted by Gasteiger charge is -2.05. The van der Waals surface area contributed by atoms with Gasteiger partial charge >= 0.3 is 0 Å². The normalized spacial score (nSPS) is 12.2. The monoisotopic (exact) mass is 293 g/mol. The van der Waals surface area contributed by atoms with Gasteiger partial charge in [0.1, 0.15) is 0 Å². The summed E-state index contributed by atoms with van der Waals surface area (Å²) in [4.78, 5) is 30.2. The van der Waals surface area contributed by atoms with Gasteiger partial charge < -0.3 is 10.3 Å². The van der Waals surface area contributed by atoms with Gasteiger partial charge in [-0.15, -0.1) is 0 Å². The largest absolute Gasteiger partial charge is 0.348 e. The number of aromatic amines is 1. The standard InChI is InChI=1S/C13H15N3O3S/c1-2-20(19)8-7-14-13(18)11-15-10-6-4-3-5-9(10)12(17)16-11/h3-6H,2,7-8H2,1H3,(H,14,18)(H,15,16,17)/t20-/m1/s1.